The first-order chi connectivity index (χ1) is 15.6. The molecule has 0 spiro atoms. The number of alkyl carbamates (subject to hydrolysis) is 1. The summed E-state index contributed by atoms with van der Waals surface area (Å²) in [6, 6.07) is 0. The molecule has 0 saturated carbocycles. The molecule has 188 valence electrons. The summed E-state index contributed by atoms with van der Waals surface area (Å²) in [6.07, 6.45) is 1.83. The van der Waals surface area contributed by atoms with Crippen LogP contribution in [0.5, 0.6) is 0 Å². The van der Waals surface area contributed by atoms with Crippen LogP contribution in [0.2, 0.25) is 0 Å². The molecule has 2 aliphatic rings. The number of nitrogens with one attached hydrogen (secondary N) is 1. The van der Waals surface area contributed by atoms with Crippen molar-refractivity contribution in [1.82, 2.24) is 5.32 Å². The first kappa shape index (κ1) is 26.5. The number of amides is 1. The number of rotatable bonds is 14. The standard InChI is InChI=1S/C22H35NO10/c1-15(7-5-4-6-8-18(24)28-10-16-12-30-20(26)32-16)9-22(2,3)14-23-19(25)29-11-17-13-31-21(27)33-17/h15-17H,4-14H2,1-3H3,(H,23,25). The van der Waals surface area contributed by atoms with E-state index in [0.29, 0.717) is 18.9 Å². The van der Waals surface area contributed by atoms with Crippen molar-refractivity contribution in [3.8, 4) is 0 Å². The molecule has 0 aromatic rings. The van der Waals surface area contributed by atoms with Crippen molar-refractivity contribution >= 4 is 24.4 Å². The Morgan fingerprint density at radius 3 is 2.18 bits per heavy atom. The smallest absolute Gasteiger partial charge is 0.462 e. The Hall–Kier alpha value is -2.72. The maximum absolute atomic E-state index is 11.9. The monoisotopic (exact) mass is 473 g/mol. The lowest BCUT2D eigenvalue weighted by atomic mass is 9.81. The maximum atomic E-state index is 11.9. The largest absolute Gasteiger partial charge is 0.508 e. The number of esters is 1. The van der Waals surface area contributed by atoms with E-state index in [1.165, 1.54) is 0 Å². The molecule has 3 atom stereocenters. The fourth-order valence-corrected chi connectivity index (χ4v) is 3.74. The van der Waals surface area contributed by atoms with Gasteiger partial charge in [-0.3, -0.25) is 4.79 Å². The number of hydrogen-bond donors (Lipinski definition) is 1. The third kappa shape index (κ3) is 11.1. The van der Waals surface area contributed by atoms with Crippen LogP contribution in [0.25, 0.3) is 0 Å². The van der Waals surface area contributed by atoms with Gasteiger partial charge >= 0.3 is 24.4 Å². The number of unbranched alkanes of at least 4 members (excludes halogenated alkanes) is 2. The summed E-state index contributed by atoms with van der Waals surface area (Å²) in [5.74, 6) is 0.153. The predicted molar refractivity (Wildman–Crippen MR) is 113 cm³/mol. The summed E-state index contributed by atoms with van der Waals surface area (Å²) in [5.41, 5.74) is -0.113. The van der Waals surface area contributed by atoms with Gasteiger partial charge in [-0.05, 0) is 24.2 Å². The van der Waals surface area contributed by atoms with Gasteiger partial charge in [0.2, 0.25) is 0 Å². The SMILES string of the molecule is CC(CCCCCC(=O)OCC1COC(=O)O1)CC(C)(C)CNC(=O)OCC1COC(=O)O1. The van der Waals surface area contributed by atoms with E-state index < -0.39 is 30.6 Å². The molecule has 2 rings (SSSR count). The maximum Gasteiger partial charge on any atom is 0.508 e. The van der Waals surface area contributed by atoms with Crippen molar-refractivity contribution in [3.05, 3.63) is 0 Å². The van der Waals surface area contributed by atoms with E-state index in [0.717, 1.165) is 32.1 Å². The zero-order chi connectivity index (χ0) is 24.3. The van der Waals surface area contributed by atoms with Crippen LogP contribution in [0.15, 0.2) is 0 Å². The van der Waals surface area contributed by atoms with Gasteiger partial charge in [-0.15, -0.1) is 0 Å². The van der Waals surface area contributed by atoms with E-state index in [1.807, 2.05) is 0 Å². The van der Waals surface area contributed by atoms with Crippen molar-refractivity contribution in [1.29, 1.82) is 0 Å². The Morgan fingerprint density at radius 1 is 1.00 bits per heavy atom. The van der Waals surface area contributed by atoms with Crippen LogP contribution in [-0.2, 0) is 33.2 Å². The molecule has 11 nitrogen and oxygen atoms in total. The van der Waals surface area contributed by atoms with Crippen LogP contribution in [0.3, 0.4) is 0 Å². The lowest BCUT2D eigenvalue weighted by Crippen LogP contribution is -2.36. The van der Waals surface area contributed by atoms with Gasteiger partial charge in [0, 0.05) is 13.0 Å². The number of ether oxygens (including phenoxy) is 6. The summed E-state index contributed by atoms with van der Waals surface area (Å²) in [5, 5.41) is 2.76. The van der Waals surface area contributed by atoms with Crippen LogP contribution in [-0.4, -0.2) is 69.6 Å². The van der Waals surface area contributed by atoms with Gasteiger partial charge < -0.3 is 33.7 Å². The van der Waals surface area contributed by atoms with Crippen LogP contribution in [0.4, 0.5) is 14.4 Å². The number of hydrogen-bond acceptors (Lipinski definition) is 10. The highest BCUT2D eigenvalue weighted by atomic mass is 16.8. The number of carbonyl (C=O) groups is 4. The molecule has 0 aromatic heterocycles. The quantitative estimate of drug-likeness (QED) is 0.227. The van der Waals surface area contributed by atoms with Gasteiger partial charge in [0.15, 0.2) is 12.2 Å². The Kier molecular flexibility index (Phi) is 10.5. The van der Waals surface area contributed by atoms with Crippen molar-refractivity contribution in [2.24, 2.45) is 11.3 Å². The van der Waals surface area contributed by atoms with E-state index >= 15 is 0 Å². The van der Waals surface area contributed by atoms with E-state index in [2.05, 4.69) is 35.6 Å². The highest BCUT2D eigenvalue weighted by molar-refractivity contribution is 5.69. The van der Waals surface area contributed by atoms with E-state index in [-0.39, 0.29) is 37.8 Å². The van der Waals surface area contributed by atoms with Crippen LogP contribution >= 0.6 is 0 Å². The van der Waals surface area contributed by atoms with E-state index in [1.54, 1.807) is 0 Å². The molecule has 0 aromatic carbocycles. The normalized spacial score (nSPS) is 20.8. The molecule has 1 amide bonds. The zero-order valence-corrected chi connectivity index (χ0v) is 19.6. The van der Waals surface area contributed by atoms with Gasteiger partial charge in [0.05, 0.1) is 0 Å². The van der Waals surface area contributed by atoms with Gasteiger partial charge in [-0.2, -0.15) is 0 Å². The van der Waals surface area contributed by atoms with Gasteiger partial charge in [-0.25, -0.2) is 14.4 Å². The lowest BCUT2D eigenvalue weighted by Gasteiger charge is -2.28. The van der Waals surface area contributed by atoms with Crippen molar-refractivity contribution in [3.63, 3.8) is 0 Å². The predicted octanol–water partition coefficient (Wildman–Crippen LogP) is 3.33. The highest BCUT2D eigenvalue weighted by Crippen LogP contribution is 2.27. The summed E-state index contributed by atoms with van der Waals surface area (Å²) in [4.78, 5) is 45.3. The molecule has 0 bridgehead atoms. The summed E-state index contributed by atoms with van der Waals surface area (Å²) in [6.45, 7) is 6.99. The number of carbonyl (C=O) groups excluding carboxylic acids is 4. The molecule has 3 unspecified atom stereocenters. The van der Waals surface area contributed by atoms with Gasteiger partial charge in [-0.1, -0.05) is 40.0 Å². The fraction of sp³-hybridized carbons (Fsp3) is 0.818. The van der Waals surface area contributed by atoms with Crippen molar-refractivity contribution < 1.29 is 47.6 Å². The second-order valence-electron chi connectivity index (χ2n) is 9.31. The molecular weight excluding hydrogens is 438 g/mol. The van der Waals surface area contributed by atoms with Crippen LogP contribution < -0.4 is 5.32 Å². The summed E-state index contributed by atoms with van der Waals surface area (Å²) >= 11 is 0. The molecular formula is C22H35NO10. The fourth-order valence-electron chi connectivity index (χ4n) is 3.74. The van der Waals surface area contributed by atoms with E-state index in [4.69, 9.17) is 18.9 Å². The number of cyclic esters (lactones) is 4. The Balaban J connectivity index is 1.48. The van der Waals surface area contributed by atoms with E-state index in [9.17, 15) is 19.2 Å². The van der Waals surface area contributed by atoms with Crippen LogP contribution in [0.1, 0.15) is 59.3 Å². The molecule has 1 N–H and O–H groups in total. The first-order valence-corrected chi connectivity index (χ1v) is 11.4. The second-order valence-corrected chi connectivity index (χ2v) is 9.31. The average Bonchev–Trinajstić information content (AvgIpc) is 3.36. The van der Waals surface area contributed by atoms with Gasteiger partial charge in [0.1, 0.15) is 26.4 Å². The minimum absolute atomic E-state index is 0.0285. The minimum atomic E-state index is -0.747. The molecule has 2 saturated heterocycles. The third-order valence-corrected chi connectivity index (χ3v) is 5.32. The molecule has 2 aliphatic heterocycles. The second kappa shape index (κ2) is 13.1. The molecule has 0 aliphatic carbocycles. The summed E-state index contributed by atoms with van der Waals surface area (Å²) in [7, 11) is 0. The molecule has 0 radical (unpaired) electrons. The molecule has 33 heavy (non-hydrogen) atoms. The minimum Gasteiger partial charge on any atom is -0.462 e. The molecule has 11 heteroatoms. The molecule has 2 fully saturated rings. The Labute approximate surface area is 193 Å². The topological polar surface area (TPSA) is 136 Å². The highest BCUT2D eigenvalue weighted by Gasteiger charge is 2.28. The van der Waals surface area contributed by atoms with Crippen molar-refractivity contribution in [2.75, 3.05) is 33.0 Å². The van der Waals surface area contributed by atoms with Crippen molar-refractivity contribution in [2.45, 2.75) is 71.5 Å². The Morgan fingerprint density at radius 2 is 1.61 bits per heavy atom. The summed E-state index contributed by atoms with van der Waals surface area (Å²) < 4.78 is 29.0. The average molecular weight is 474 g/mol. The third-order valence-electron chi connectivity index (χ3n) is 5.32. The molecule has 2 heterocycles. The Bertz CT molecular complexity index is 680. The van der Waals surface area contributed by atoms with Crippen LogP contribution in [0, 0.1) is 11.3 Å². The van der Waals surface area contributed by atoms with Gasteiger partial charge in [0.25, 0.3) is 0 Å². The first-order valence-electron chi connectivity index (χ1n) is 11.4. The lowest BCUT2D eigenvalue weighted by molar-refractivity contribution is -0.146. The zero-order valence-electron chi connectivity index (χ0n) is 19.6.